The average Bonchev–Trinajstić information content (AvgIpc) is 3.41. The molecule has 2 aromatic rings. The number of allylic oxidation sites excluding steroid dienone is 1. The normalized spacial score (nSPS) is 23.1. The van der Waals surface area contributed by atoms with E-state index in [1.807, 2.05) is 12.1 Å². The molecule has 1 atom stereocenters. The third-order valence-electron chi connectivity index (χ3n) is 7.34. The third kappa shape index (κ3) is 3.60. The van der Waals surface area contributed by atoms with Gasteiger partial charge < -0.3 is 9.47 Å². The fraction of sp³-hybridized carbons (Fsp3) is 0.560. The van der Waals surface area contributed by atoms with Crippen LogP contribution in [0.4, 0.5) is 0 Å². The van der Waals surface area contributed by atoms with Gasteiger partial charge in [0.25, 0.3) is 5.91 Å². The molecule has 160 valence electrons. The molecule has 0 saturated carbocycles. The second kappa shape index (κ2) is 8.43. The van der Waals surface area contributed by atoms with Crippen LogP contribution in [0.25, 0.3) is 10.9 Å². The van der Waals surface area contributed by atoms with E-state index >= 15 is 0 Å². The zero-order chi connectivity index (χ0) is 20.7. The van der Waals surface area contributed by atoms with Crippen LogP contribution in [0.5, 0.6) is 0 Å². The van der Waals surface area contributed by atoms with Gasteiger partial charge in [-0.2, -0.15) is 11.8 Å². The molecule has 0 aliphatic carbocycles. The molecule has 5 heteroatoms. The molecule has 2 saturated heterocycles. The van der Waals surface area contributed by atoms with E-state index in [1.165, 1.54) is 40.1 Å². The summed E-state index contributed by atoms with van der Waals surface area (Å²) in [5, 5.41) is 1.28. The van der Waals surface area contributed by atoms with E-state index in [0.717, 1.165) is 63.5 Å². The van der Waals surface area contributed by atoms with Crippen molar-refractivity contribution in [1.29, 1.82) is 0 Å². The van der Waals surface area contributed by atoms with E-state index in [4.69, 9.17) is 0 Å². The first kappa shape index (κ1) is 20.2. The minimum atomic E-state index is 0.203. The van der Waals surface area contributed by atoms with Gasteiger partial charge in [-0.05, 0) is 54.7 Å². The average molecular weight is 424 g/mol. The lowest BCUT2D eigenvalue weighted by atomic mass is 9.98. The first-order valence-corrected chi connectivity index (χ1v) is 12.7. The van der Waals surface area contributed by atoms with E-state index in [0.29, 0.717) is 6.04 Å². The predicted octanol–water partition coefficient (Wildman–Crippen LogP) is 4.56. The fourth-order valence-corrected chi connectivity index (χ4v) is 6.71. The summed E-state index contributed by atoms with van der Waals surface area (Å²) < 4.78 is 2.43. The Kier molecular flexibility index (Phi) is 5.67. The van der Waals surface area contributed by atoms with Crippen molar-refractivity contribution in [2.24, 2.45) is 5.92 Å². The number of aromatic nitrogens is 1. The number of likely N-dealkylation sites (tertiary alicyclic amines) is 1. The van der Waals surface area contributed by atoms with Crippen LogP contribution < -0.4 is 0 Å². The topological polar surface area (TPSA) is 28.5 Å². The Hall–Kier alpha value is -1.72. The quantitative estimate of drug-likeness (QED) is 0.675. The van der Waals surface area contributed by atoms with Crippen LogP contribution >= 0.6 is 11.8 Å². The number of nitrogens with zero attached hydrogens (tertiary/aromatic N) is 3. The van der Waals surface area contributed by atoms with E-state index in [1.54, 1.807) is 0 Å². The molecular formula is C25H33N3OS. The summed E-state index contributed by atoms with van der Waals surface area (Å²) in [6.07, 6.45) is 6.63. The standard InChI is InChI=1S/C25H33N3OS/c1-3-10-28-23-5-4-19(25(29)26-11-6-18(2)7-12-26)15-21(23)22-16-27(13-8-24(22)28)20-9-14-30-17-20/h3-5,15,18,20H,1,6-14,16-17H2,2H3. The largest absolute Gasteiger partial charge is 0.340 e. The van der Waals surface area contributed by atoms with Crippen LogP contribution in [0.2, 0.25) is 0 Å². The molecule has 5 rings (SSSR count). The number of benzene rings is 1. The molecule has 0 bridgehead atoms. The van der Waals surface area contributed by atoms with Crippen molar-refractivity contribution < 1.29 is 4.79 Å². The Balaban J connectivity index is 1.50. The van der Waals surface area contributed by atoms with Gasteiger partial charge in [-0.15, -0.1) is 6.58 Å². The Morgan fingerprint density at radius 3 is 2.80 bits per heavy atom. The minimum absolute atomic E-state index is 0.203. The Labute approximate surface area is 184 Å². The number of thioether (sulfide) groups is 1. The van der Waals surface area contributed by atoms with Gasteiger partial charge in [0.05, 0.1) is 0 Å². The second-order valence-electron chi connectivity index (χ2n) is 9.27. The van der Waals surface area contributed by atoms with Gasteiger partial charge in [-0.3, -0.25) is 9.69 Å². The van der Waals surface area contributed by atoms with Crippen LogP contribution in [-0.2, 0) is 19.5 Å². The zero-order valence-corrected chi connectivity index (χ0v) is 18.9. The number of carbonyl (C=O) groups is 1. The zero-order valence-electron chi connectivity index (χ0n) is 18.1. The molecule has 0 spiro atoms. The number of hydrogen-bond donors (Lipinski definition) is 0. The van der Waals surface area contributed by atoms with Crippen molar-refractivity contribution in [3.63, 3.8) is 0 Å². The SMILES string of the molecule is C=CCn1c2c(c3cc(C(=O)N4CCC(C)CC4)ccc31)CN(C1CCSC1)CC2. The van der Waals surface area contributed by atoms with Crippen molar-refractivity contribution in [3.8, 4) is 0 Å². The molecule has 1 unspecified atom stereocenters. The van der Waals surface area contributed by atoms with Gasteiger partial charge in [0.2, 0.25) is 0 Å². The molecular weight excluding hydrogens is 390 g/mol. The maximum absolute atomic E-state index is 13.2. The Morgan fingerprint density at radius 1 is 1.23 bits per heavy atom. The maximum atomic E-state index is 13.2. The molecule has 0 N–H and O–H groups in total. The lowest BCUT2D eigenvalue weighted by Gasteiger charge is -2.32. The number of hydrogen-bond acceptors (Lipinski definition) is 3. The highest BCUT2D eigenvalue weighted by Gasteiger charge is 2.30. The fourth-order valence-electron chi connectivity index (χ4n) is 5.46. The number of fused-ring (bicyclic) bond motifs is 3. The number of piperidine rings is 1. The lowest BCUT2D eigenvalue weighted by molar-refractivity contribution is 0.0697. The Bertz CT molecular complexity index is 951. The molecule has 3 aliphatic rings. The summed E-state index contributed by atoms with van der Waals surface area (Å²) in [5.74, 6) is 3.49. The van der Waals surface area contributed by atoms with E-state index in [9.17, 15) is 4.79 Å². The van der Waals surface area contributed by atoms with Crippen LogP contribution in [0.15, 0.2) is 30.9 Å². The summed E-state index contributed by atoms with van der Waals surface area (Å²) in [5.41, 5.74) is 5.00. The van der Waals surface area contributed by atoms with Crippen LogP contribution in [-0.4, -0.2) is 57.5 Å². The molecule has 1 amide bonds. The smallest absolute Gasteiger partial charge is 0.253 e. The third-order valence-corrected chi connectivity index (χ3v) is 8.48. The molecule has 30 heavy (non-hydrogen) atoms. The first-order valence-electron chi connectivity index (χ1n) is 11.5. The van der Waals surface area contributed by atoms with Gasteiger partial charge in [0, 0.05) is 73.1 Å². The summed E-state index contributed by atoms with van der Waals surface area (Å²) in [4.78, 5) is 17.9. The van der Waals surface area contributed by atoms with Crippen molar-refractivity contribution in [3.05, 3.63) is 47.7 Å². The van der Waals surface area contributed by atoms with Gasteiger partial charge in [0.15, 0.2) is 0 Å². The number of carbonyl (C=O) groups excluding carboxylic acids is 1. The number of rotatable bonds is 4. The van der Waals surface area contributed by atoms with E-state index < -0.39 is 0 Å². The lowest BCUT2D eigenvalue weighted by Crippen LogP contribution is -2.39. The summed E-state index contributed by atoms with van der Waals surface area (Å²) in [7, 11) is 0. The monoisotopic (exact) mass is 423 g/mol. The summed E-state index contributed by atoms with van der Waals surface area (Å²) >= 11 is 2.09. The van der Waals surface area contributed by atoms with Crippen LogP contribution in [0, 0.1) is 5.92 Å². The van der Waals surface area contributed by atoms with Crippen molar-refractivity contribution in [1.82, 2.24) is 14.4 Å². The van der Waals surface area contributed by atoms with Gasteiger partial charge >= 0.3 is 0 Å². The van der Waals surface area contributed by atoms with Crippen LogP contribution in [0.1, 0.15) is 47.8 Å². The maximum Gasteiger partial charge on any atom is 0.253 e. The molecule has 1 aromatic carbocycles. The summed E-state index contributed by atoms with van der Waals surface area (Å²) in [6.45, 7) is 11.0. The van der Waals surface area contributed by atoms with Crippen molar-refractivity contribution in [2.75, 3.05) is 31.1 Å². The number of amides is 1. The molecule has 4 heterocycles. The molecule has 0 radical (unpaired) electrons. The highest BCUT2D eigenvalue weighted by molar-refractivity contribution is 7.99. The first-order chi connectivity index (χ1) is 14.7. The van der Waals surface area contributed by atoms with E-state index in [2.05, 4.69) is 51.8 Å². The van der Waals surface area contributed by atoms with Crippen molar-refractivity contribution in [2.45, 2.75) is 51.7 Å². The second-order valence-corrected chi connectivity index (χ2v) is 10.4. The molecule has 1 aromatic heterocycles. The molecule has 2 fully saturated rings. The molecule has 4 nitrogen and oxygen atoms in total. The Morgan fingerprint density at radius 2 is 2.07 bits per heavy atom. The van der Waals surface area contributed by atoms with Gasteiger partial charge in [0.1, 0.15) is 0 Å². The van der Waals surface area contributed by atoms with Gasteiger partial charge in [-0.1, -0.05) is 13.0 Å². The highest BCUT2D eigenvalue weighted by Crippen LogP contribution is 2.35. The van der Waals surface area contributed by atoms with Crippen molar-refractivity contribution >= 4 is 28.6 Å². The van der Waals surface area contributed by atoms with Crippen LogP contribution in [0.3, 0.4) is 0 Å². The predicted molar refractivity (Wildman–Crippen MR) is 126 cm³/mol. The minimum Gasteiger partial charge on any atom is -0.340 e. The summed E-state index contributed by atoms with van der Waals surface area (Å²) in [6, 6.07) is 7.11. The highest BCUT2D eigenvalue weighted by atomic mass is 32.2. The molecule has 3 aliphatic heterocycles. The van der Waals surface area contributed by atoms with E-state index in [-0.39, 0.29) is 5.91 Å². The van der Waals surface area contributed by atoms with Gasteiger partial charge in [-0.25, -0.2) is 0 Å².